The lowest BCUT2D eigenvalue weighted by Crippen LogP contribution is -2.50. The molecule has 0 aliphatic carbocycles. The normalized spacial score (nSPS) is 19.6. The number of aliphatic imine (C=N–C) groups is 1. The largest absolute Gasteiger partial charge is 0.367 e. The second-order valence-electron chi connectivity index (χ2n) is 7.69. The number of thiophene rings is 1. The summed E-state index contributed by atoms with van der Waals surface area (Å²) in [6.07, 6.45) is -0.148. The van der Waals surface area contributed by atoms with Crippen LogP contribution in [0.2, 0.25) is 0 Å². The summed E-state index contributed by atoms with van der Waals surface area (Å²) < 4.78 is 21.5. The van der Waals surface area contributed by atoms with Crippen LogP contribution in [0.15, 0.2) is 46.8 Å². The van der Waals surface area contributed by atoms with Gasteiger partial charge in [-0.2, -0.15) is 0 Å². The van der Waals surface area contributed by atoms with E-state index in [4.69, 9.17) is 9.73 Å². The molecule has 164 valence electrons. The summed E-state index contributed by atoms with van der Waals surface area (Å²) in [6.45, 7) is 6.44. The molecule has 2 unspecified atom stereocenters. The standard InChI is InChI=1S/C22H27FN6OS/c1-15-13-29(14-20(30-15)17-6-8-18(23)9-7-17)22(24-11-19-5-4-10-31-19)25-12-21-27-26-16(2)28(21)3/h4-10,15,20H,11-14H2,1-3H3,(H,24,25). The number of hydrogen-bond donors (Lipinski definition) is 1. The number of nitrogens with zero attached hydrogens (tertiary/aromatic N) is 5. The molecule has 0 spiro atoms. The van der Waals surface area contributed by atoms with Crippen LogP contribution >= 0.6 is 11.3 Å². The highest BCUT2D eigenvalue weighted by atomic mass is 32.1. The van der Waals surface area contributed by atoms with Gasteiger partial charge in [-0.1, -0.05) is 18.2 Å². The smallest absolute Gasteiger partial charge is 0.194 e. The number of benzene rings is 1. The minimum atomic E-state index is -0.247. The van der Waals surface area contributed by atoms with Crippen molar-refractivity contribution in [1.29, 1.82) is 0 Å². The van der Waals surface area contributed by atoms with Gasteiger partial charge in [0, 0.05) is 18.5 Å². The van der Waals surface area contributed by atoms with E-state index in [-0.39, 0.29) is 18.0 Å². The summed E-state index contributed by atoms with van der Waals surface area (Å²) in [4.78, 5) is 8.31. The van der Waals surface area contributed by atoms with Crippen LogP contribution in [0.3, 0.4) is 0 Å². The van der Waals surface area contributed by atoms with Crippen molar-refractivity contribution >= 4 is 17.3 Å². The molecule has 1 saturated heterocycles. The molecule has 31 heavy (non-hydrogen) atoms. The van der Waals surface area contributed by atoms with Crippen molar-refractivity contribution in [2.75, 3.05) is 13.1 Å². The SMILES string of the molecule is Cc1nnc(CN=C(NCc2cccs2)N2CC(C)OC(c3ccc(F)cc3)C2)n1C. The Kier molecular flexibility index (Phi) is 6.62. The summed E-state index contributed by atoms with van der Waals surface area (Å²) >= 11 is 1.71. The lowest BCUT2D eigenvalue weighted by atomic mass is 10.1. The van der Waals surface area contributed by atoms with Gasteiger partial charge < -0.3 is 19.5 Å². The Morgan fingerprint density at radius 2 is 2.06 bits per heavy atom. The van der Waals surface area contributed by atoms with E-state index in [0.717, 1.165) is 23.2 Å². The van der Waals surface area contributed by atoms with Crippen LogP contribution in [0.1, 0.15) is 35.1 Å². The number of rotatable bonds is 5. The van der Waals surface area contributed by atoms with E-state index in [2.05, 4.69) is 31.9 Å². The molecule has 2 aromatic heterocycles. The fraction of sp³-hybridized carbons (Fsp3) is 0.409. The third-order valence-electron chi connectivity index (χ3n) is 5.36. The van der Waals surface area contributed by atoms with Gasteiger partial charge in [0.2, 0.25) is 0 Å². The topological polar surface area (TPSA) is 67.6 Å². The quantitative estimate of drug-likeness (QED) is 0.484. The molecule has 0 amide bonds. The lowest BCUT2D eigenvalue weighted by Gasteiger charge is -2.38. The molecule has 3 heterocycles. The van der Waals surface area contributed by atoms with Gasteiger partial charge in [0.05, 0.1) is 19.2 Å². The average molecular weight is 443 g/mol. The van der Waals surface area contributed by atoms with Crippen LogP contribution in [0.5, 0.6) is 0 Å². The average Bonchev–Trinajstić information content (AvgIpc) is 3.39. The number of guanidine groups is 1. The Morgan fingerprint density at radius 1 is 1.26 bits per heavy atom. The van der Waals surface area contributed by atoms with Crippen molar-refractivity contribution in [3.8, 4) is 0 Å². The highest BCUT2D eigenvalue weighted by Crippen LogP contribution is 2.25. The number of aromatic nitrogens is 3. The molecule has 3 aromatic rings. The van der Waals surface area contributed by atoms with Crippen molar-refractivity contribution < 1.29 is 9.13 Å². The van der Waals surface area contributed by atoms with Gasteiger partial charge in [-0.05, 0) is 43.0 Å². The van der Waals surface area contributed by atoms with Gasteiger partial charge in [0.1, 0.15) is 24.3 Å². The second kappa shape index (κ2) is 9.57. The van der Waals surface area contributed by atoms with E-state index < -0.39 is 0 Å². The van der Waals surface area contributed by atoms with Crippen LogP contribution in [-0.2, 0) is 24.9 Å². The molecule has 1 aliphatic heterocycles. The minimum Gasteiger partial charge on any atom is -0.367 e. The van der Waals surface area contributed by atoms with Crippen molar-refractivity contribution in [3.05, 3.63) is 69.7 Å². The van der Waals surface area contributed by atoms with Crippen molar-refractivity contribution in [2.45, 2.75) is 39.1 Å². The first kappa shape index (κ1) is 21.5. The maximum absolute atomic E-state index is 13.4. The number of hydrogen-bond acceptors (Lipinski definition) is 5. The van der Waals surface area contributed by atoms with Gasteiger partial charge >= 0.3 is 0 Å². The molecule has 1 N–H and O–H groups in total. The van der Waals surface area contributed by atoms with E-state index in [9.17, 15) is 4.39 Å². The first-order valence-corrected chi connectivity index (χ1v) is 11.2. The highest BCUT2D eigenvalue weighted by molar-refractivity contribution is 7.09. The molecule has 4 rings (SSSR count). The van der Waals surface area contributed by atoms with Crippen molar-refractivity contribution in [2.24, 2.45) is 12.0 Å². The second-order valence-corrected chi connectivity index (χ2v) is 8.72. The Hall–Kier alpha value is -2.78. The van der Waals surface area contributed by atoms with E-state index in [1.165, 1.54) is 17.0 Å². The molecule has 0 radical (unpaired) electrons. The van der Waals surface area contributed by atoms with Crippen LogP contribution in [-0.4, -0.2) is 44.8 Å². The molecular formula is C22H27FN6OS. The zero-order chi connectivity index (χ0) is 21.8. The van der Waals surface area contributed by atoms with Crippen LogP contribution in [0.4, 0.5) is 4.39 Å². The van der Waals surface area contributed by atoms with Crippen LogP contribution in [0, 0.1) is 12.7 Å². The molecule has 0 bridgehead atoms. The summed E-state index contributed by atoms with van der Waals surface area (Å²) in [5.41, 5.74) is 0.958. The highest BCUT2D eigenvalue weighted by Gasteiger charge is 2.28. The Balaban J connectivity index is 1.55. The molecule has 1 aromatic carbocycles. The molecular weight excluding hydrogens is 415 g/mol. The van der Waals surface area contributed by atoms with Crippen molar-refractivity contribution in [3.63, 3.8) is 0 Å². The third-order valence-corrected chi connectivity index (χ3v) is 6.23. The van der Waals surface area contributed by atoms with E-state index in [1.807, 2.05) is 31.5 Å². The molecule has 2 atom stereocenters. The van der Waals surface area contributed by atoms with Crippen LogP contribution in [0.25, 0.3) is 0 Å². The fourth-order valence-electron chi connectivity index (χ4n) is 3.57. The maximum Gasteiger partial charge on any atom is 0.194 e. The number of halogens is 1. The Bertz CT molecular complexity index is 1020. The lowest BCUT2D eigenvalue weighted by molar-refractivity contribution is -0.0605. The first-order valence-electron chi connectivity index (χ1n) is 10.3. The van der Waals surface area contributed by atoms with Gasteiger partial charge in [-0.15, -0.1) is 21.5 Å². The fourth-order valence-corrected chi connectivity index (χ4v) is 4.21. The Morgan fingerprint density at radius 3 is 2.74 bits per heavy atom. The molecule has 9 heteroatoms. The maximum atomic E-state index is 13.4. The van der Waals surface area contributed by atoms with Crippen LogP contribution < -0.4 is 5.32 Å². The number of morpholine rings is 1. The first-order chi connectivity index (χ1) is 15.0. The van der Waals surface area contributed by atoms with Gasteiger partial charge in [-0.25, -0.2) is 9.38 Å². The predicted molar refractivity (Wildman–Crippen MR) is 119 cm³/mol. The van der Waals surface area contributed by atoms with E-state index >= 15 is 0 Å². The van der Waals surface area contributed by atoms with Gasteiger partial charge in [-0.3, -0.25) is 0 Å². The number of aryl methyl sites for hydroxylation is 1. The van der Waals surface area contributed by atoms with E-state index in [1.54, 1.807) is 23.5 Å². The summed E-state index contributed by atoms with van der Waals surface area (Å²) in [6, 6.07) is 10.7. The zero-order valence-corrected chi connectivity index (χ0v) is 18.8. The van der Waals surface area contributed by atoms with Gasteiger partial charge in [0.25, 0.3) is 0 Å². The van der Waals surface area contributed by atoms with Gasteiger partial charge in [0.15, 0.2) is 11.8 Å². The summed E-state index contributed by atoms with van der Waals surface area (Å²) in [7, 11) is 1.94. The summed E-state index contributed by atoms with van der Waals surface area (Å²) in [5, 5.41) is 13.9. The molecule has 1 aliphatic rings. The Labute approximate surface area is 185 Å². The third kappa shape index (κ3) is 5.29. The molecule has 7 nitrogen and oxygen atoms in total. The zero-order valence-electron chi connectivity index (χ0n) is 18.0. The monoisotopic (exact) mass is 442 g/mol. The predicted octanol–water partition coefficient (Wildman–Crippen LogP) is 3.43. The van der Waals surface area contributed by atoms with Crippen molar-refractivity contribution in [1.82, 2.24) is 25.0 Å². The molecule has 1 fully saturated rings. The van der Waals surface area contributed by atoms with E-state index in [0.29, 0.717) is 26.2 Å². The number of nitrogens with one attached hydrogen (secondary N) is 1. The summed E-state index contributed by atoms with van der Waals surface area (Å²) in [5.74, 6) is 2.22. The minimum absolute atomic E-state index is 0.00890. The molecule has 0 saturated carbocycles. The number of ether oxygens (including phenoxy) is 1.